The summed E-state index contributed by atoms with van der Waals surface area (Å²) in [6.45, 7) is 5.34. The summed E-state index contributed by atoms with van der Waals surface area (Å²) >= 11 is 0. The van der Waals surface area contributed by atoms with Gasteiger partial charge in [-0.05, 0) is 44.0 Å². The van der Waals surface area contributed by atoms with Crippen LogP contribution in [0.2, 0.25) is 0 Å². The number of anilines is 1. The van der Waals surface area contributed by atoms with Crippen molar-refractivity contribution >= 4 is 17.4 Å². The second-order valence-corrected chi connectivity index (χ2v) is 5.41. The normalized spacial score (nSPS) is 11.6. The first-order valence-corrected chi connectivity index (χ1v) is 7.65. The van der Waals surface area contributed by atoms with Crippen LogP contribution in [0.25, 0.3) is 0 Å². The van der Waals surface area contributed by atoms with Crippen LogP contribution < -0.4 is 10.1 Å². The highest BCUT2D eigenvalue weighted by atomic mass is 16.5. The lowest BCUT2D eigenvalue weighted by molar-refractivity contribution is -0.122. The summed E-state index contributed by atoms with van der Waals surface area (Å²) in [4.78, 5) is 23.8. The van der Waals surface area contributed by atoms with E-state index in [-0.39, 0.29) is 11.7 Å². The first kappa shape index (κ1) is 16.7. The fourth-order valence-corrected chi connectivity index (χ4v) is 2.20. The molecule has 1 N–H and O–H groups in total. The Labute approximate surface area is 136 Å². The van der Waals surface area contributed by atoms with E-state index in [4.69, 9.17) is 4.74 Å². The first-order valence-electron chi connectivity index (χ1n) is 7.65. The lowest BCUT2D eigenvalue weighted by atomic mass is 10.1. The molecular formula is C19H21NO3. The van der Waals surface area contributed by atoms with Gasteiger partial charge in [0.25, 0.3) is 5.91 Å². The second kappa shape index (κ2) is 7.58. The Bertz CT molecular complexity index is 709. The molecule has 1 unspecified atom stereocenters. The van der Waals surface area contributed by atoms with Crippen LogP contribution in [0.1, 0.15) is 36.2 Å². The van der Waals surface area contributed by atoms with Gasteiger partial charge in [-0.2, -0.15) is 0 Å². The maximum absolute atomic E-state index is 12.4. The number of Topliss-reactive ketones (excluding diaryl/α,β-unsaturated/α-hetero) is 1. The number of benzene rings is 2. The van der Waals surface area contributed by atoms with Crippen LogP contribution in [0.15, 0.2) is 48.5 Å². The Balaban J connectivity index is 2.10. The minimum Gasteiger partial charge on any atom is -0.480 e. The van der Waals surface area contributed by atoms with Gasteiger partial charge in [0.15, 0.2) is 11.9 Å². The molecule has 1 amide bonds. The monoisotopic (exact) mass is 311 g/mol. The molecule has 23 heavy (non-hydrogen) atoms. The summed E-state index contributed by atoms with van der Waals surface area (Å²) in [6.07, 6.45) is -0.0379. The molecule has 0 saturated heterocycles. The van der Waals surface area contributed by atoms with E-state index in [0.29, 0.717) is 23.4 Å². The van der Waals surface area contributed by atoms with Crippen molar-refractivity contribution in [3.63, 3.8) is 0 Å². The van der Waals surface area contributed by atoms with E-state index in [1.165, 1.54) is 6.92 Å². The van der Waals surface area contributed by atoms with E-state index < -0.39 is 6.10 Å². The molecular weight excluding hydrogens is 290 g/mol. The molecule has 0 bridgehead atoms. The lowest BCUT2D eigenvalue weighted by Crippen LogP contribution is -2.32. The molecule has 0 aliphatic heterocycles. The summed E-state index contributed by atoms with van der Waals surface area (Å²) in [6, 6.07) is 14.5. The second-order valence-electron chi connectivity index (χ2n) is 5.41. The predicted octanol–water partition coefficient (Wildman–Crippen LogP) is 3.99. The van der Waals surface area contributed by atoms with Crippen LogP contribution in [-0.4, -0.2) is 17.8 Å². The van der Waals surface area contributed by atoms with Gasteiger partial charge in [0.1, 0.15) is 5.75 Å². The average molecular weight is 311 g/mol. The third-order valence-corrected chi connectivity index (χ3v) is 3.56. The van der Waals surface area contributed by atoms with E-state index in [0.717, 1.165) is 5.56 Å². The number of carbonyl (C=O) groups is 2. The molecule has 0 aliphatic carbocycles. The molecule has 0 spiro atoms. The Morgan fingerprint density at radius 1 is 1.13 bits per heavy atom. The highest BCUT2D eigenvalue weighted by Crippen LogP contribution is 2.20. The molecule has 1 atom stereocenters. The lowest BCUT2D eigenvalue weighted by Gasteiger charge is -2.18. The zero-order valence-corrected chi connectivity index (χ0v) is 13.6. The summed E-state index contributed by atoms with van der Waals surface area (Å²) in [7, 11) is 0. The van der Waals surface area contributed by atoms with Gasteiger partial charge in [-0.3, -0.25) is 9.59 Å². The summed E-state index contributed by atoms with van der Waals surface area (Å²) in [5, 5.41) is 2.81. The zero-order valence-electron chi connectivity index (χ0n) is 13.6. The number of hydrogen-bond acceptors (Lipinski definition) is 3. The highest BCUT2D eigenvalue weighted by molar-refractivity contribution is 5.98. The van der Waals surface area contributed by atoms with Crippen LogP contribution in [-0.2, 0) is 4.79 Å². The molecule has 2 aromatic rings. The van der Waals surface area contributed by atoms with Gasteiger partial charge in [-0.25, -0.2) is 0 Å². The van der Waals surface area contributed by atoms with Crippen LogP contribution >= 0.6 is 0 Å². The standard InChI is InChI=1S/C19H21NO3/c1-4-17(23-18-11-6-5-8-13(18)2)19(22)20-16-10-7-9-15(12-16)14(3)21/h5-12,17H,4H2,1-3H3,(H,20,22). The molecule has 4 heteroatoms. The Morgan fingerprint density at radius 2 is 1.87 bits per heavy atom. The molecule has 0 saturated carbocycles. The first-order chi connectivity index (χ1) is 11.0. The van der Waals surface area contributed by atoms with E-state index in [1.807, 2.05) is 38.1 Å². The average Bonchev–Trinajstić information content (AvgIpc) is 2.54. The predicted molar refractivity (Wildman–Crippen MR) is 91.0 cm³/mol. The van der Waals surface area contributed by atoms with Gasteiger partial charge in [-0.15, -0.1) is 0 Å². The Kier molecular flexibility index (Phi) is 5.52. The number of ketones is 1. The molecule has 0 heterocycles. The topological polar surface area (TPSA) is 55.4 Å². The molecule has 4 nitrogen and oxygen atoms in total. The summed E-state index contributed by atoms with van der Waals surface area (Å²) in [5.74, 6) is 0.438. The third-order valence-electron chi connectivity index (χ3n) is 3.56. The molecule has 0 radical (unpaired) electrons. The number of amides is 1. The van der Waals surface area contributed by atoms with Crippen LogP contribution in [0, 0.1) is 6.92 Å². The number of nitrogens with one attached hydrogen (secondary N) is 1. The van der Waals surface area contributed by atoms with Crippen molar-refractivity contribution in [3.8, 4) is 5.75 Å². The fraction of sp³-hybridized carbons (Fsp3) is 0.263. The van der Waals surface area contributed by atoms with Gasteiger partial charge in [0.2, 0.25) is 0 Å². The van der Waals surface area contributed by atoms with Gasteiger partial charge in [0.05, 0.1) is 0 Å². The molecule has 2 aromatic carbocycles. The van der Waals surface area contributed by atoms with Crippen molar-refractivity contribution in [3.05, 3.63) is 59.7 Å². The van der Waals surface area contributed by atoms with Gasteiger partial charge in [-0.1, -0.05) is 37.3 Å². The fourth-order valence-electron chi connectivity index (χ4n) is 2.20. The highest BCUT2D eigenvalue weighted by Gasteiger charge is 2.19. The van der Waals surface area contributed by atoms with E-state index in [9.17, 15) is 9.59 Å². The van der Waals surface area contributed by atoms with Crippen molar-refractivity contribution in [2.45, 2.75) is 33.3 Å². The van der Waals surface area contributed by atoms with Crippen molar-refractivity contribution < 1.29 is 14.3 Å². The smallest absolute Gasteiger partial charge is 0.265 e. The minimum absolute atomic E-state index is 0.0377. The van der Waals surface area contributed by atoms with Gasteiger partial charge < -0.3 is 10.1 Å². The summed E-state index contributed by atoms with van der Waals surface area (Å²) in [5.41, 5.74) is 2.14. The SMILES string of the molecule is CCC(Oc1ccccc1C)C(=O)Nc1cccc(C(C)=O)c1. The number of aryl methyl sites for hydroxylation is 1. The number of hydrogen-bond donors (Lipinski definition) is 1. The minimum atomic E-state index is -0.586. The van der Waals surface area contributed by atoms with Crippen LogP contribution in [0.3, 0.4) is 0 Å². The zero-order chi connectivity index (χ0) is 16.8. The van der Waals surface area contributed by atoms with E-state index >= 15 is 0 Å². The maximum Gasteiger partial charge on any atom is 0.265 e. The number of ether oxygens (including phenoxy) is 1. The Morgan fingerprint density at radius 3 is 2.52 bits per heavy atom. The van der Waals surface area contributed by atoms with Crippen LogP contribution in [0.5, 0.6) is 5.75 Å². The van der Waals surface area contributed by atoms with Crippen molar-refractivity contribution in [1.29, 1.82) is 0 Å². The number of para-hydroxylation sites is 1. The molecule has 2 rings (SSSR count). The number of rotatable bonds is 6. The maximum atomic E-state index is 12.4. The third kappa shape index (κ3) is 4.42. The molecule has 0 aromatic heterocycles. The summed E-state index contributed by atoms with van der Waals surface area (Å²) < 4.78 is 5.83. The quantitative estimate of drug-likeness (QED) is 0.821. The van der Waals surface area contributed by atoms with Gasteiger partial charge >= 0.3 is 0 Å². The van der Waals surface area contributed by atoms with Crippen LogP contribution in [0.4, 0.5) is 5.69 Å². The van der Waals surface area contributed by atoms with E-state index in [1.54, 1.807) is 24.3 Å². The van der Waals surface area contributed by atoms with E-state index in [2.05, 4.69) is 5.32 Å². The van der Waals surface area contributed by atoms with Crippen molar-refractivity contribution in [1.82, 2.24) is 0 Å². The van der Waals surface area contributed by atoms with Crippen molar-refractivity contribution in [2.24, 2.45) is 0 Å². The Hall–Kier alpha value is -2.62. The van der Waals surface area contributed by atoms with Gasteiger partial charge in [0, 0.05) is 11.3 Å². The molecule has 0 aliphatic rings. The molecule has 120 valence electrons. The largest absolute Gasteiger partial charge is 0.480 e. The number of carbonyl (C=O) groups excluding carboxylic acids is 2. The van der Waals surface area contributed by atoms with Crippen molar-refractivity contribution in [2.75, 3.05) is 5.32 Å². The molecule has 0 fully saturated rings.